The second-order valence-electron chi connectivity index (χ2n) is 7.44. The number of benzene rings is 3. The average Bonchev–Trinajstić information content (AvgIpc) is 2.68. The predicted molar refractivity (Wildman–Crippen MR) is 108 cm³/mol. The van der Waals surface area contributed by atoms with Crippen molar-refractivity contribution in [2.75, 3.05) is 7.05 Å². The quantitative estimate of drug-likeness (QED) is 0.627. The van der Waals surface area contributed by atoms with Crippen molar-refractivity contribution in [3.05, 3.63) is 60.2 Å². The average molecular weight is 346 g/mol. The molecule has 3 aromatic rings. The maximum atomic E-state index is 12.7. The zero-order chi connectivity index (χ0) is 17.9. The van der Waals surface area contributed by atoms with Gasteiger partial charge in [0.25, 0.3) is 0 Å². The number of urea groups is 1. The molecule has 1 aliphatic carbocycles. The van der Waals surface area contributed by atoms with Gasteiger partial charge in [-0.3, -0.25) is 0 Å². The zero-order valence-electron chi connectivity index (χ0n) is 15.4. The van der Waals surface area contributed by atoms with Crippen LogP contribution in [0.15, 0.2) is 54.6 Å². The molecule has 0 bridgehead atoms. The Kier molecular flexibility index (Phi) is 4.79. The first kappa shape index (κ1) is 16.9. The molecule has 26 heavy (non-hydrogen) atoms. The Morgan fingerprint density at radius 1 is 0.962 bits per heavy atom. The molecule has 0 aromatic heterocycles. The van der Waals surface area contributed by atoms with E-state index in [4.69, 9.17) is 0 Å². The first-order valence-corrected chi connectivity index (χ1v) is 9.63. The molecule has 1 saturated carbocycles. The molecule has 134 valence electrons. The molecule has 2 amide bonds. The summed E-state index contributed by atoms with van der Waals surface area (Å²) in [7, 11) is 1.90. The number of rotatable bonds is 3. The van der Waals surface area contributed by atoms with E-state index in [1.54, 1.807) is 0 Å². The third kappa shape index (κ3) is 3.39. The summed E-state index contributed by atoms with van der Waals surface area (Å²) in [6, 6.07) is 19.5. The number of nitrogens with one attached hydrogen (secondary N) is 1. The van der Waals surface area contributed by atoms with Crippen molar-refractivity contribution in [1.29, 1.82) is 0 Å². The van der Waals surface area contributed by atoms with Gasteiger partial charge in [0, 0.05) is 19.6 Å². The van der Waals surface area contributed by atoms with Crippen molar-refractivity contribution >= 4 is 27.6 Å². The standard InChI is InChI=1S/C23H26N2O/c1-25(23(26)24-19-11-3-2-4-12-19)16-22-20-13-7-5-9-17(20)15-18-10-6-8-14-21(18)22/h5-10,13-15,19H,2-4,11-12,16H2,1H3,(H,24,26). The minimum atomic E-state index is 0.0360. The van der Waals surface area contributed by atoms with Crippen molar-refractivity contribution in [2.24, 2.45) is 0 Å². The van der Waals surface area contributed by atoms with E-state index in [1.165, 1.54) is 46.4 Å². The Hall–Kier alpha value is -2.55. The van der Waals surface area contributed by atoms with Crippen molar-refractivity contribution in [3.8, 4) is 0 Å². The lowest BCUT2D eigenvalue weighted by Crippen LogP contribution is -2.43. The molecule has 3 nitrogen and oxygen atoms in total. The smallest absolute Gasteiger partial charge is 0.317 e. The van der Waals surface area contributed by atoms with Crippen LogP contribution in [-0.4, -0.2) is 24.0 Å². The number of carbonyl (C=O) groups is 1. The lowest BCUT2D eigenvalue weighted by Gasteiger charge is -2.27. The fourth-order valence-electron chi connectivity index (χ4n) is 4.12. The summed E-state index contributed by atoms with van der Waals surface area (Å²) in [4.78, 5) is 14.5. The van der Waals surface area contributed by atoms with Gasteiger partial charge < -0.3 is 10.2 Å². The largest absolute Gasteiger partial charge is 0.335 e. The van der Waals surface area contributed by atoms with Gasteiger partial charge >= 0.3 is 6.03 Å². The maximum Gasteiger partial charge on any atom is 0.317 e. The summed E-state index contributed by atoms with van der Waals surface area (Å²) in [5.41, 5.74) is 1.22. The van der Waals surface area contributed by atoms with Gasteiger partial charge in [0.2, 0.25) is 0 Å². The fourth-order valence-corrected chi connectivity index (χ4v) is 4.12. The third-order valence-electron chi connectivity index (χ3n) is 5.56. The number of nitrogens with zero attached hydrogens (tertiary/aromatic N) is 1. The summed E-state index contributed by atoms with van der Waals surface area (Å²) < 4.78 is 0. The first-order chi connectivity index (χ1) is 12.7. The topological polar surface area (TPSA) is 32.3 Å². The van der Waals surface area contributed by atoms with E-state index in [-0.39, 0.29) is 6.03 Å². The molecule has 1 aliphatic rings. The molecule has 0 spiro atoms. The van der Waals surface area contributed by atoms with Crippen LogP contribution in [0.5, 0.6) is 0 Å². The maximum absolute atomic E-state index is 12.7. The minimum Gasteiger partial charge on any atom is -0.335 e. The van der Waals surface area contributed by atoms with Crippen molar-refractivity contribution in [3.63, 3.8) is 0 Å². The highest BCUT2D eigenvalue weighted by Gasteiger charge is 2.19. The third-order valence-corrected chi connectivity index (χ3v) is 5.56. The van der Waals surface area contributed by atoms with Crippen LogP contribution in [0, 0.1) is 0 Å². The highest BCUT2D eigenvalue weighted by atomic mass is 16.2. The molecule has 1 fully saturated rings. The molecule has 0 atom stereocenters. The highest BCUT2D eigenvalue weighted by molar-refractivity contribution is 6.02. The van der Waals surface area contributed by atoms with Crippen molar-refractivity contribution in [1.82, 2.24) is 10.2 Å². The number of hydrogen-bond acceptors (Lipinski definition) is 1. The zero-order valence-corrected chi connectivity index (χ0v) is 15.4. The van der Waals surface area contributed by atoms with Gasteiger partial charge in [-0.05, 0) is 46.0 Å². The van der Waals surface area contributed by atoms with Gasteiger partial charge in [-0.2, -0.15) is 0 Å². The lowest BCUT2D eigenvalue weighted by molar-refractivity contribution is 0.199. The number of amides is 2. The fraction of sp³-hybridized carbons (Fsp3) is 0.348. The van der Waals surface area contributed by atoms with Gasteiger partial charge in [0.15, 0.2) is 0 Å². The summed E-state index contributed by atoms with van der Waals surface area (Å²) in [5, 5.41) is 8.12. The number of fused-ring (bicyclic) bond motifs is 2. The van der Waals surface area contributed by atoms with E-state index >= 15 is 0 Å². The molecule has 0 saturated heterocycles. The molecule has 0 unspecified atom stereocenters. The Morgan fingerprint density at radius 2 is 1.54 bits per heavy atom. The summed E-state index contributed by atoms with van der Waals surface area (Å²) >= 11 is 0. The minimum absolute atomic E-state index is 0.0360. The van der Waals surface area contributed by atoms with Crippen LogP contribution < -0.4 is 5.32 Å². The van der Waals surface area contributed by atoms with Crippen molar-refractivity contribution in [2.45, 2.75) is 44.7 Å². The number of carbonyl (C=O) groups excluding carboxylic acids is 1. The van der Waals surface area contributed by atoms with Crippen LogP contribution in [-0.2, 0) is 6.54 Å². The van der Waals surface area contributed by atoms with E-state index in [0.29, 0.717) is 12.6 Å². The molecule has 4 rings (SSSR count). The summed E-state index contributed by atoms with van der Waals surface area (Å²) in [6.07, 6.45) is 5.96. The van der Waals surface area contributed by atoms with Gasteiger partial charge in [0.1, 0.15) is 0 Å². The van der Waals surface area contributed by atoms with E-state index in [1.807, 2.05) is 11.9 Å². The van der Waals surface area contributed by atoms with Gasteiger partial charge in [0.05, 0.1) is 0 Å². The van der Waals surface area contributed by atoms with Gasteiger partial charge in [-0.1, -0.05) is 67.8 Å². The van der Waals surface area contributed by atoms with Crippen molar-refractivity contribution < 1.29 is 4.79 Å². The van der Waals surface area contributed by atoms with Gasteiger partial charge in [-0.15, -0.1) is 0 Å². The van der Waals surface area contributed by atoms with Crippen LogP contribution in [0.2, 0.25) is 0 Å². The Bertz CT molecular complexity index is 874. The normalized spacial score (nSPS) is 15.3. The monoisotopic (exact) mass is 346 g/mol. The molecule has 0 heterocycles. The Balaban J connectivity index is 1.63. The number of hydrogen-bond donors (Lipinski definition) is 1. The van der Waals surface area contributed by atoms with Crippen LogP contribution in [0.25, 0.3) is 21.5 Å². The Labute approximate surface area is 155 Å². The van der Waals surface area contributed by atoms with Gasteiger partial charge in [-0.25, -0.2) is 4.79 Å². The Morgan fingerprint density at radius 3 is 2.15 bits per heavy atom. The van der Waals surface area contributed by atoms with Crippen LogP contribution >= 0.6 is 0 Å². The van der Waals surface area contributed by atoms with E-state index in [9.17, 15) is 4.79 Å². The molecule has 0 aliphatic heterocycles. The summed E-state index contributed by atoms with van der Waals surface area (Å²) in [5.74, 6) is 0. The molecule has 3 aromatic carbocycles. The lowest BCUT2D eigenvalue weighted by atomic mass is 9.95. The second kappa shape index (κ2) is 7.36. The van der Waals surface area contributed by atoms with Crippen LogP contribution in [0.4, 0.5) is 4.79 Å². The molecule has 3 heteroatoms. The van der Waals surface area contributed by atoms with E-state index in [0.717, 1.165) is 12.8 Å². The molecular formula is C23H26N2O. The van der Waals surface area contributed by atoms with E-state index in [2.05, 4.69) is 59.9 Å². The predicted octanol–water partition coefficient (Wildman–Crippen LogP) is 5.47. The first-order valence-electron chi connectivity index (χ1n) is 9.63. The molecule has 1 N–H and O–H groups in total. The second-order valence-corrected chi connectivity index (χ2v) is 7.44. The molecule has 0 radical (unpaired) electrons. The molecular weight excluding hydrogens is 320 g/mol. The van der Waals surface area contributed by atoms with E-state index < -0.39 is 0 Å². The summed E-state index contributed by atoms with van der Waals surface area (Å²) in [6.45, 7) is 0.612. The van der Waals surface area contributed by atoms with Crippen LogP contribution in [0.3, 0.4) is 0 Å². The highest BCUT2D eigenvalue weighted by Crippen LogP contribution is 2.29. The SMILES string of the molecule is CN(Cc1c2ccccc2cc2ccccc12)C(=O)NC1CCCCC1. The van der Waals surface area contributed by atoms with Crippen LogP contribution in [0.1, 0.15) is 37.7 Å².